The van der Waals surface area contributed by atoms with Gasteiger partial charge in [-0.25, -0.2) is 10.0 Å². The fourth-order valence-corrected chi connectivity index (χ4v) is 3.04. The number of nitrogens with zero attached hydrogens (tertiary/aromatic N) is 3. The van der Waals surface area contributed by atoms with Gasteiger partial charge in [0.1, 0.15) is 6.04 Å². The summed E-state index contributed by atoms with van der Waals surface area (Å²) in [5.74, 6) is -0.209. The molecule has 0 radical (unpaired) electrons. The molecule has 2 atom stereocenters. The Kier molecular flexibility index (Phi) is 5.33. The van der Waals surface area contributed by atoms with E-state index >= 15 is 0 Å². The SMILES string of the molecule is CCN(C[C@H]1CCCO1)C(=O)C1=N[C@@H](C)C(=O)N(c2ccccc2)N1. The molecule has 1 aromatic rings. The van der Waals surface area contributed by atoms with Crippen LogP contribution in [0.3, 0.4) is 0 Å². The maximum atomic E-state index is 12.9. The summed E-state index contributed by atoms with van der Waals surface area (Å²) in [6.07, 6.45) is 2.08. The van der Waals surface area contributed by atoms with E-state index in [2.05, 4.69) is 10.4 Å². The van der Waals surface area contributed by atoms with Crippen LogP contribution in [-0.4, -0.2) is 54.4 Å². The van der Waals surface area contributed by atoms with Gasteiger partial charge in [0.05, 0.1) is 11.8 Å². The average Bonchev–Trinajstić information content (AvgIpc) is 3.15. The van der Waals surface area contributed by atoms with Crippen molar-refractivity contribution in [2.45, 2.75) is 38.8 Å². The molecular formula is C18H24N4O3. The van der Waals surface area contributed by atoms with Crippen LogP contribution >= 0.6 is 0 Å². The molecule has 1 aromatic carbocycles. The third kappa shape index (κ3) is 3.82. The molecule has 1 saturated heterocycles. The first kappa shape index (κ1) is 17.4. The number of ether oxygens (including phenoxy) is 1. The number of benzene rings is 1. The molecule has 7 heteroatoms. The molecule has 134 valence electrons. The Bertz CT molecular complexity index is 656. The van der Waals surface area contributed by atoms with Crippen molar-refractivity contribution >= 4 is 23.3 Å². The van der Waals surface area contributed by atoms with Crippen LogP contribution in [0.2, 0.25) is 0 Å². The van der Waals surface area contributed by atoms with Crippen molar-refractivity contribution < 1.29 is 14.3 Å². The summed E-state index contributed by atoms with van der Waals surface area (Å²) in [6.45, 7) is 5.49. The van der Waals surface area contributed by atoms with Crippen molar-refractivity contribution in [2.24, 2.45) is 4.99 Å². The summed E-state index contributed by atoms with van der Waals surface area (Å²) in [5.41, 5.74) is 3.57. The number of hydrogen-bond donors (Lipinski definition) is 1. The van der Waals surface area contributed by atoms with Crippen LogP contribution < -0.4 is 10.4 Å². The number of rotatable bonds is 5. The molecule has 0 aromatic heterocycles. The van der Waals surface area contributed by atoms with Gasteiger partial charge in [-0.2, -0.15) is 0 Å². The predicted molar refractivity (Wildman–Crippen MR) is 95.2 cm³/mol. The number of hydrogen-bond acceptors (Lipinski definition) is 5. The minimum atomic E-state index is -0.609. The van der Waals surface area contributed by atoms with Crippen molar-refractivity contribution in [1.82, 2.24) is 10.3 Å². The zero-order valence-electron chi connectivity index (χ0n) is 14.6. The van der Waals surface area contributed by atoms with E-state index in [4.69, 9.17) is 4.74 Å². The molecule has 2 aliphatic rings. The number of nitrogens with one attached hydrogen (secondary N) is 1. The van der Waals surface area contributed by atoms with Gasteiger partial charge in [0.15, 0.2) is 0 Å². The van der Waals surface area contributed by atoms with Crippen LogP contribution in [0.4, 0.5) is 5.69 Å². The summed E-state index contributed by atoms with van der Waals surface area (Å²) in [7, 11) is 0. The van der Waals surface area contributed by atoms with E-state index in [0.29, 0.717) is 18.8 Å². The monoisotopic (exact) mass is 344 g/mol. The molecule has 3 rings (SSSR count). The summed E-state index contributed by atoms with van der Waals surface area (Å²) < 4.78 is 5.63. The van der Waals surface area contributed by atoms with Gasteiger partial charge < -0.3 is 9.64 Å². The van der Waals surface area contributed by atoms with Crippen molar-refractivity contribution in [1.29, 1.82) is 0 Å². The molecule has 1 N–H and O–H groups in total. The maximum absolute atomic E-state index is 12.9. The number of amidine groups is 1. The smallest absolute Gasteiger partial charge is 0.290 e. The third-order valence-electron chi connectivity index (χ3n) is 4.45. The molecule has 1 fully saturated rings. The number of amides is 2. The van der Waals surface area contributed by atoms with Crippen molar-refractivity contribution in [3.05, 3.63) is 30.3 Å². The second-order valence-electron chi connectivity index (χ2n) is 6.25. The third-order valence-corrected chi connectivity index (χ3v) is 4.45. The van der Waals surface area contributed by atoms with Crippen LogP contribution in [-0.2, 0) is 14.3 Å². The van der Waals surface area contributed by atoms with Gasteiger partial charge in [0.2, 0.25) is 5.84 Å². The van der Waals surface area contributed by atoms with E-state index in [1.807, 2.05) is 37.3 Å². The topological polar surface area (TPSA) is 74.2 Å². The first-order valence-electron chi connectivity index (χ1n) is 8.74. The Morgan fingerprint density at radius 1 is 1.40 bits per heavy atom. The number of anilines is 1. The largest absolute Gasteiger partial charge is 0.376 e. The van der Waals surface area contributed by atoms with Gasteiger partial charge in [-0.15, -0.1) is 0 Å². The highest BCUT2D eigenvalue weighted by Gasteiger charge is 2.33. The van der Waals surface area contributed by atoms with E-state index in [9.17, 15) is 9.59 Å². The van der Waals surface area contributed by atoms with Crippen molar-refractivity contribution in [3.63, 3.8) is 0 Å². The quantitative estimate of drug-likeness (QED) is 0.875. The maximum Gasteiger partial charge on any atom is 0.290 e. The van der Waals surface area contributed by atoms with E-state index in [1.54, 1.807) is 11.8 Å². The van der Waals surface area contributed by atoms with E-state index in [-0.39, 0.29) is 23.8 Å². The summed E-state index contributed by atoms with van der Waals surface area (Å²) in [4.78, 5) is 31.3. The lowest BCUT2D eigenvalue weighted by Crippen LogP contribution is -2.58. The Hall–Kier alpha value is -2.41. The Morgan fingerprint density at radius 3 is 2.80 bits per heavy atom. The molecule has 7 nitrogen and oxygen atoms in total. The molecule has 2 heterocycles. The zero-order valence-corrected chi connectivity index (χ0v) is 14.6. The van der Waals surface area contributed by atoms with Gasteiger partial charge in [0.25, 0.3) is 11.8 Å². The highest BCUT2D eigenvalue weighted by atomic mass is 16.5. The molecule has 2 amide bonds. The molecule has 25 heavy (non-hydrogen) atoms. The molecule has 0 spiro atoms. The summed E-state index contributed by atoms with van der Waals surface area (Å²) >= 11 is 0. The molecule has 0 bridgehead atoms. The standard InChI is InChI=1S/C18H24N4O3/c1-3-21(12-15-10-7-11-25-15)18(24)16-19-13(2)17(23)22(20-16)14-8-5-4-6-9-14/h4-6,8-9,13,15H,3,7,10-12H2,1-2H3,(H,19,20)/t13-,15+/m0/s1. The lowest BCUT2D eigenvalue weighted by molar-refractivity contribution is -0.126. The minimum Gasteiger partial charge on any atom is -0.376 e. The number of likely N-dealkylation sites (N-methyl/N-ethyl adjacent to an activating group) is 1. The first-order chi connectivity index (χ1) is 12.1. The Labute approximate surface area is 147 Å². The predicted octanol–water partition coefficient (Wildman–Crippen LogP) is 1.35. The summed E-state index contributed by atoms with van der Waals surface area (Å²) in [6, 6.07) is 8.59. The molecule has 2 aliphatic heterocycles. The van der Waals surface area contributed by atoms with Crippen LogP contribution in [0, 0.1) is 0 Å². The second kappa shape index (κ2) is 7.65. The number of aliphatic imine (C=N–C) groups is 1. The highest BCUT2D eigenvalue weighted by Crippen LogP contribution is 2.17. The van der Waals surface area contributed by atoms with Crippen LogP contribution in [0.15, 0.2) is 35.3 Å². The van der Waals surface area contributed by atoms with Gasteiger partial charge in [-0.05, 0) is 38.8 Å². The van der Waals surface area contributed by atoms with Gasteiger partial charge in [0, 0.05) is 19.7 Å². The molecule has 0 saturated carbocycles. The number of hydrazine groups is 1. The van der Waals surface area contributed by atoms with Crippen LogP contribution in [0.25, 0.3) is 0 Å². The average molecular weight is 344 g/mol. The van der Waals surface area contributed by atoms with Crippen molar-refractivity contribution in [2.75, 3.05) is 24.7 Å². The molecule has 0 unspecified atom stereocenters. The molecular weight excluding hydrogens is 320 g/mol. The summed E-state index contributed by atoms with van der Waals surface area (Å²) in [5, 5.41) is 1.39. The fraction of sp³-hybridized carbons (Fsp3) is 0.500. The normalized spacial score (nSPS) is 23.2. The molecule has 0 aliphatic carbocycles. The number of para-hydroxylation sites is 1. The highest BCUT2D eigenvalue weighted by molar-refractivity contribution is 6.39. The fourth-order valence-electron chi connectivity index (χ4n) is 3.04. The first-order valence-corrected chi connectivity index (χ1v) is 8.74. The lowest BCUT2D eigenvalue weighted by atomic mass is 10.2. The Morgan fingerprint density at radius 2 is 2.16 bits per heavy atom. The van der Waals surface area contributed by atoms with Gasteiger partial charge in [-0.3, -0.25) is 15.0 Å². The van der Waals surface area contributed by atoms with Crippen molar-refractivity contribution in [3.8, 4) is 0 Å². The van der Waals surface area contributed by atoms with E-state index in [1.165, 1.54) is 5.01 Å². The Balaban J connectivity index is 1.76. The number of carbonyl (C=O) groups is 2. The number of carbonyl (C=O) groups excluding carboxylic acids is 2. The van der Waals surface area contributed by atoms with Crippen LogP contribution in [0.1, 0.15) is 26.7 Å². The van der Waals surface area contributed by atoms with Gasteiger partial charge >= 0.3 is 0 Å². The van der Waals surface area contributed by atoms with E-state index in [0.717, 1.165) is 19.4 Å². The second-order valence-corrected chi connectivity index (χ2v) is 6.25. The van der Waals surface area contributed by atoms with Crippen LogP contribution in [0.5, 0.6) is 0 Å². The van der Waals surface area contributed by atoms with Gasteiger partial charge in [-0.1, -0.05) is 18.2 Å². The minimum absolute atomic E-state index is 0.0809. The zero-order chi connectivity index (χ0) is 17.8. The van der Waals surface area contributed by atoms with E-state index < -0.39 is 6.04 Å². The lowest BCUT2D eigenvalue weighted by Gasteiger charge is -2.33.